The van der Waals surface area contributed by atoms with Gasteiger partial charge < -0.3 is 64.5 Å². The Hall–Kier alpha value is -8.34. The molecule has 0 saturated heterocycles. The maximum Gasteiger partial charge on any atom is 0.239 e. The lowest BCUT2D eigenvalue weighted by Gasteiger charge is -2.13. The first-order valence-corrected chi connectivity index (χ1v) is 19.9. The monoisotopic (exact) mass is 875 g/mol. The fourth-order valence-corrected chi connectivity index (χ4v) is 6.88. The average Bonchev–Trinajstić information content (AvgIpc) is 3.25. The summed E-state index contributed by atoms with van der Waals surface area (Å²) in [6, 6.07) is 19.0. The van der Waals surface area contributed by atoms with Gasteiger partial charge in [0.05, 0.1) is 13.2 Å². The molecule has 0 aliphatic heterocycles. The van der Waals surface area contributed by atoms with E-state index in [1.165, 1.54) is 24.3 Å². The number of nitrogens with one attached hydrogen (secondary N) is 1. The van der Waals surface area contributed by atoms with Crippen molar-refractivity contribution < 1.29 is 68.7 Å². The second-order valence-corrected chi connectivity index (χ2v) is 14.8. The minimum absolute atomic E-state index is 0.0351. The van der Waals surface area contributed by atoms with Gasteiger partial charge in [-0.25, -0.2) is 0 Å². The van der Waals surface area contributed by atoms with Crippen molar-refractivity contribution in [2.45, 2.75) is 45.1 Å². The summed E-state index contributed by atoms with van der Waals surface area (Å²) in [4.78, 5) is 52.3. The van der Waals surface area contributed by atoms with Gasteiger partial charge in [0.1, 0.15) is 50.7 Å². The van der Waals surface area contributed by atoms with Crippen LogP contribution in [0.25, 0.3) is 44.6 Å². The van der Waals surface area contributed by atoms with E-state index in [2.05, 4.69) is 5.32 Å². The van der Waals surface area contributed by atoms with Gasteiger partial charge in [-0.05, 0) is 66.8 Å². The van der Waals surface area contributed by atoms with Gasteiger partial charge in [0.25, 0.3) is 0 Å². The zero-order valence-corrected chi connectivity index (χ0v) is 33.8. The van der Waals surface area contributed by atoms with E-state index in [0.717, 1.165) is 47.5 Å². The molecule has 1 amide bonds. The molecule has 0 aliphatic rings. The van der Waals surface area contributed by atoms with Crippen LogP contribution < -0.4 is 25.6 Å². The number of aromatic hydroxyl groups is 8. The van der Waals surface area contributed by atoms with Crippen molar-refractivity contribution in [1.29, 1.82) is 0 Å². The normalized spacial score (nSPS) is 11.2. The van der Waals surface area contributed by atoms with Crippen molar-refractivity contribution in [3.63, 3.8) is 0 Å². The number of Topliss-reactive ketones (excluding diaryl/α,β-unsaturated/α-hetero) is 1. The van der Waals surface area contributed by atoms with Crippen LogP contribution in [0.15, 0.2) is 103 Å². The predicted octanol–water partition coefficient (Wildman–Crippen LogP) is 6.71. The van der Waals surface area contributed by atoms with Crippen LogP contribution in [0.1, 0.15) is 43.2 Å². The third-order valence-corrected chi connectivity index (χ3v) is 10.2. The first kappa shape index (κ1) is 43.7. The molecule has 17 heteroatoms. The van der Waals surface area contributed by atoms with Crippen molar-refractivity contribution in [3.05, 3.63) is 117 Å². The number of phenolic OH excluding ortho intramolecular Hbond substituents is 8. The second-order valence-electron chi connectivity index (χ2n) is 14.8. The highest BCUT2D eigenvalue weighted by atomic mass is 16.5. The lowest BCUT2D eigenvalue weighted by Crippen LogP contribution is -2.23. The third kappa shape index (κ3) is 9.73. The molecule has 64 heavy (non-hydrogen) atoms. The first-order valence-electron chi connectivity index (χ1n) is 19.9. The summed E-state index contributed by atoms with van der Waals surface area (Å²) in [6.45, 7) is 0.0500. The Labute approximate surface area is 361 Å². The number of carbonyl (C=O) groups excluding carboxylic acids is 2. The molecule has 2 aromatic heterocycles. The van der Waals surface area contributed by atoms with Crippen LogP contribution in [0.5, 0.6) is 57.5 Å². The molecule has 0 unspecified atom stereocenters. The highest BCUT2D eigenvalue weighted by Crippen LogP contribution is 2.40. The topological polar surface area (TPSA) is 287 Å². The standard InChI is InChI=1S/C47H41NO16/c49-28(3-1-15-61-46-42(59)40-35(56)19-29(50)21-37(40)63-44(46)26-10-13-31(52)33(54)17-26)12-9-24-5-7-25(8-6-24)23-48-39(58)4-2-16-62-47-43(60)41-36(57)20-30(51)22-38(41)64-45(47)27-11-14-32(53)34(55)18-27/h5-8,10-11,13-14,17-22,50-57H,1-4,9,12,15-16,23H2,(H,48,58). The minimum atomic E-state index is -0.754. The summed E-state index contributed by atoms with van der Waals surface area (Å²) in [5.41, 5.74) is 0.260. The number of ketones is 1. The smallest absolute Gasteiger partial charge is 0.239 e. The molecular weight excluding hydrogens is 835 g/mol. The summed E-state index contributed by atoms with van der Waals surface area (Å²) in [5.74, 6) is -4.75. The van der Waals surface area contributed by atoms with Crippen molar-refractivity contribution >= 4 is 33.6 Å². The van der Waals surface area contributed by atoms with Crippen LogP contribution >= 0.6 is 0 Å². The van der Waals surface area contributed by atoms with Crippen LogP contribution in [0.2, 0.25) is 0 Å². The molecule has 2 heterocycles. The van der Waals surface area contributed by atoms with Gasteiger partial charge in [0.2, 0.25) is 28.3 Å². The van der Waals surface area contributed by atoms with Gasteiger partial charge in [-0.3, -0.25) is 19.2 Å². The number of hydrogen-bond acceptors (Lipinski definition) is 16. The number of amides is 1. The Balaban J connectivity index is 0.872. The Morgan fingerprint density at radius 3 is 1.47 bits per heavy atom. The van der Waals surface area contributed by atoms with E-state index in [4.69, 9.17) is 18.3 Å². The third-order valence-electron chi connectivity index (χ3n) is 10.2. The van der Waals surface area contributed by atoms with Crippen LogP contribution in [-0.2, 0) is 22.6 Å². The highest BCUT2D eigenvalue weighted by molar-refractivity contribution is 5.89. The number of ether oxygens (including phenoxy) is 2. The Morgan fingerprint density at radius 1 is 0.516 bits per heavy atom. The van der Waals surface area contributed by atoms with Gasteiger partial charge in [0.15, 0.2) is 34.5 Å². The van der Waals surface area contributed by atoms with Gasteiger partial charge >= 0.3 is 0 Å². The van der Waals surface area contributed by atoms with Crippen molar-refractivity contribution in [1.82, 2.24) is 5.32 Å². The quantitative estimate of drug-likeness (QED) is 0.0339. The molecule has 0 atom stereocenters. The van der Waals surface area contributed by atoms with Crippen molar-refractivity contribution in [3.8, 4) is 80.1 Å². The van der Waals surface area contributed by atoms with Gasteiger partial charge in [-0.15, -0.1) is 0 Å². The summed E-state index contributed by atoms with van der Waals surface area (Å²) in [5, 5.41) is 82.6. The van der Waals surface area contributed by atoms with Gasteiger partial charge in [-0.2, -0.15) is 0 Å². The van der Waals surface area contributed by atoms with E-state index in [-0.39, 0.29) is 131 Å². The number of phenols is 8. The van der Waals surface area contributed by atoms with Crippen LogP contribution in [-0.4, -0.2) is 65.8 Å². The number of rotatable bonds is 17. The summed E-state index contributed by atoms with van der Waals surface area (Å²) in [6.07, 6.45) is 1.28. The molecule has 0 aliphatic carbocycles. The molecule has 0 spiro atoms. The molecule has 7 rings (SSSR count). The molecule has 0 radical (unpaired) electrons. The lowest BCUT2D eigenvalue weighted by molar-refractivity contribution is -0.121. The molecule has 5 aromatic carbocycles. The van der Waals surface area contributed by atoms with E-state index < -0.39 is 45.4 Å². The SMILES string of the molecule is O=C(CCCOc1c(-c2ccc(O)c(O)c2)oc2cc(O)cc(O)c2c1=O)CCc1ccc(CNC(=O)CCCOc2c(-c3ccc(O)c(O)c3)oc3cc(O)cc(O)c3c2=O)cc1. The fraction of sp³-hybridized carbons (Fsp3) is 0.191. The molecular formula is C47H41NO16. The van der Waals surface area contributed by atoms with E-state index in [9.17, 15) is 60.0 Å². The zero-order valence-electron chi connectivity index (χ0n) is 33.8. The van der Waals surface area contributed by atoms with E-state index in [0.29, 0.717) is 6.42 Å². The molecule has 0 saturated carbocycles. The average molecular weight is 876 g/mol. The maximum absolute atomic E-state index is 13.4. The Morgan fingerprint density at radius 2 is 0.984 bits per heavy atom. The fourth-order valence-electron chi connectivity index (χ4n) is 6.88. The number of hydrogen-bond donors (Lipinski definition) is 9. The summed E-state index contributed by atoms with van der Waals surface area (Å²) >= 11 is 0. The van der Waals surface area contributed by atoms with Crippen LogP contribution in [0, 0.1) is 0 Å². The van der Waals surface area contributed by atoms with E-state index >= 15 is 0 Å². The molecule has 7 aromatic rings. The van der Waals surface area contributed by atoms with Crippen molar-refractivity contribution in [2.75, 3.05) is 13.2 Å². The van der Waals surface area contributed by atoms with E-state index in [1.54, 1.807) is 0 Å². The largest absolute Gasteiger partial charge is 0.508 e. The first-order chi connectivity index (χ1) is 30.7. The second kappa shape index (κ2) is 18.7. The number of fused-ring (bicyclic) bond motifs is 2. The molecule has 330 valence electrons. The van der Waals surface area contributed by atoms with E-state index in [1.807, 2.05) is 24.3 Å². The Bertz CT molecular complexity index is 2820. The maximum atomic E-state index is 13.4. The highest BCUT2D eigenvalue weighted by Gasteiger charge is 2.24. The zero-order chi connectivity index (χ0) is 45.7. The van der Waals surface area contributed by atoms with Crippen LogP contribution in [0.4, 0.5) is 0 Å². The van der Waals surface area contributed by atoms with Gasteiger partial charge in [0, 0.05) is 61.2 Å². The van der Waals surface area contributed by atoms with Gasteiger partial charge in [-0.1, -0.05) is 24.3 Å². The molecule has 9 N–H and O–H groups in total. The molecule has 17 nitrogen and oxygen atoms in total. The molecule has 0 fully saturated rings. The summed E-state index contributed by atoms with van der Waals surface area (Å²) < 4.78 is 23.2. The predicted molar refractivity (Wildman–Crippen MR) is 230 cm³/mol. The van der Waals surface area contributed by atoms with Crippen molar-refractivity contribution in [2.24, 2.45) is 0 Å². The molecule has 0 bridgehead atoms. The summed E-state index contributed by atoms with van der Waals surface area (Å²) in [7, 11) is 0. The van der Waals surface area contributed by atoms with Crippen LogP contribution in [0.3, 0.4) is 0 Å². The lowest BCUT2D eigenvalue weighted by atomic mass is 10.0. The number of aryl methyl sites for hydroxylation is 1. The minimum Gasteiger partial charge on any atom is -0.508 e. The number of carbonyl (C=O) groups is 2. The number of benzene rings is 5. The Kier molecular flexibility index (Phi) is 12.8.